The van der Waals surface area contributed by atoms with Gasteiger partial charge in [-0.05, 0) is 28.1 Å². The van der Waals surface area contributed by atoms with Gasteiger partial charge in [0.15, 0.2) is 0 Å². The Bertz CT molecular complexity index is 392. The van der Waals surface area contributed by atoms with E-state index in [1.165, 1.54) is 6.21 Å². The van der Waals surface area contributed by atoms with Gasteiger partial charge in [-0.15, -0.1) is 5.16 Å². The summed E-state index contributed by atoms with van der Waals surface area (Å²) >= 11 is 3.28. The summed E-state index contributed by atoms with van der Waals surface area (Å²) in [6.45, 7) is 0.432. The van der Waals surface area contributed by atoms with Crippen LogP contribution >= 0.6 is 15.9 Å². The molecule has 1 aromatic carbocycles. The molecule has 1 aliphatic rings. The van der Waals surface area contributed by atoms with Gasteiger partial charge >= 0.3 is 0 Å². The van der Waals surface area contributed by atoms with E-state index in [1.807, 2.05) is 0 Å². The lowest BCUT2D eigenvalue weighted by Crippen LogP contribution is -2.01. The Morgan fingerprint density at radius 2 is 2.36 bits per heavy atom. The van der Waals surface area contributed by atoms with Crippen molar-refractivity contribution in [3.63, 3.8) is 0 Å². The average Bonchev–Trinajstić information content (AvgIpc) is 2.49. The smallest absolute Gasteiger partial charge is 0.137 e. The van der Waals surface area contributed by atoms with Crippen molar-refractivity contribution in [2.45, 2.75) is 5.92 Å². The number of ether oxygens (including phenoxy) is 1. The van der Waals surface area contributed by atoms with Crippen LogP contribution in [0.3, 0.4) is 0 Å². The first kappa shape index (κ1) is 9.33. The maximum atomic E-state index is 9.37. The molecule has 2 rings (SSSR count). The van der Waals surface area contributed by atoms with E-state index in [2.05, 4.69) is 21.1 Å². The van der Waals surface area contributed by atoms with E-state index in [0.717, 1.165) is 5.56 Å². The van der Waals surface area contributed by atoms with Crippen molar-refractivity contribution in [2.75, 3.05) is 6.61 Å². The number of nitrogens with zero attached hydrogens (tertiary/aromatic N) is 1. The van der Waals surface area contributed by atoms with Crippen molar-refractivity contribution in [1.82, 2.24) is 0 Å². The van der Waals surface area contributed by atoms with Gasteiger partial charge in [0.25, 0.3) is 0 Å². The molecule has 4 nitrogen and oxygen atoms in total. The van der Waals surface area contributed by atoms with Gasteiger partial charge in [0, 0.05) is 5.56 Å². The van der Waals surface area contributed by atoms with E-state index < -0.39 is 0 Å². The predicted molar refractivity (Wildman–Crippen MR) is 54.3 cm³/mol. The third-order valence-corrected chi connectivity index (χ3v) is 2.70. The molecule has 0 spiro atoms. The predicted octanol–water partition coefficient (Wildman–Crippen LogP) is 2.09. The minimum Gasteiger partial charge on any atom is -0.508 e. The van der Waals surface area contributed by atoms with Gasteiger partial charge in [-0.3, -0.25) is 0 Å². The molecule has 5 heteroatoms. The lowest BCUT2D eigenvalue weighted by Gasteiger charge is -2.03. The molecule has 1 unspecified atom stereocenters. The molecule has 0 radical (unpaired) electrons. The van der Waals surface area contributed by atoms with Gasteiger partial charge in [-0.2, -0.15) is 0 Å². The number of hydrogen-bond acceptors (Lipinski definition) is 4. The van der Waals surface area contributed by atoms with Crippen molar-refractivity contribution in [1.29, 1.82) is 0 Å². The van der Waals surface area contributed by atoms with Crippen molar-refractivity contribution >= 4 is 22.1 Å². The van der Waals surface area contributed by atoms with Crippen molar-refractivity contribution in [3.05, 3.63) is 22.2 Å². The molecule has 0 aromatic heterocycles. The highest BCUT2D eigenvalue weighted by atomic mass is 79.9. The number of phenolic OH excluding ortho intramolecular Hbond substituents is 1. The number of oxime groups is 1. The Balaban J connectivity index is 2.48. The van der Waals surface area contributed by atoms with Crippen LogP contribution in [0.2, 0.25) is 0 Å². The van der Waals surface area contributed by atoms with Crippen molar-refractivity contribution < 1.29 is 15.1 Å². The second-order valence-corrected chi connectivity index (χ2v) is 3.88. The summed E-state index contributed by atoms with van der Waals surface area (Å²) in [7, 11) is 0. The molecule has 0 aliphatic carbocycles. The summed E-state index contributed by atoms with van der Waals surface area (Å²) in [5.74, 6) is 0.767. The molecule has 1 heterocycles. The highest BCUT2D eigenvalue weighted by Gasteiger charge is 2.25. The normalized spacial score (nSPS) is 19.6. The molecule has 74 valence electrons. The van der Waals surface area contributed by atoms with Crippen molar-refractivity contribution in [2.24, 2.45) is 5.16 Å². The van der Waals surface area contributed by atoms with Crippen LogP contribution in [0, 0.1) is 0 Å². The molecule has 0 saturated carbocycles. The summed E-state index contributed by atoms with van der Waals surface area (Å²) in [4.78, 5) is 0. The largest absolute Gasteiger partial charge is 0.508 e. The summed E-state index contributed by atoms with van der Waals surface area (Å²) in [6.07, 6.45) is 1.39. The number of benzene rings is 1. The Morgan fingerprint density at radius 1 is 1.57 bits per heavy atom. The second kappa shape index (κ2) is 3.49. The zero-order valence-corrected chi connectivity index (χ0v) is 8.73. The quantitative estimate of drug-likeness (QED) is 0.460. The minimum atomic E-state index is -0.0987. The number of fused-ring (bicyclic) bond motifs is 1. The maximum Gasteiger partial charge on any atom is 0.137 e. The first-order valence-electron chi connectivity index (χ1n) is 4.05. The molecule has 1 aliphatic heterocycles. The van der Waals surface area contributed by atoms with Crippen molar-refractivity contribution in [3.8, 4) is 11.5 Å². The Kier molecular flexibility index (Phi) is 2.33. The van der Waals surface area contributed by atoms with E-state index in [1.54, 1.807) is 12.1 Å². The van der Waals surface area contributed by atoms with Gasteiger partial charge in [-0.25, -0.2) is 0 Å². The Morgan fingerprint density at radius 3 is 3.07 bits per heavy atom. The minimum absolute atomic E-state index is 0.0987. The fourth-order valence-electron chi connectivity index (χ4n) is 1.49. The van der Waals surface area contributed by atoms with Crippen LogP contribution < -0.4 is 4.74 Å². The van der Waals surface area contributed by atoms with E-state index in [0.29, 0.717) is 16.8 Å². The van der Waals surface area contributed by atoms with Gasteiger partial charge in [-0.1, -0.05) is 0 Å². The van der Waals surface area contributed by atoms with E-state index in [4.69, 9.17) is 9.94 Å². The van der Waals surface area contributed by atoms with Crippen LogP contribution in [-0.4, -0.2) is 23.1 Å². The number of rotatable bonds is 1. The van der Waals surface area contributed by atoms with Crippen LogP contribution in [0.15, 0.2) is 21.8 Å². The van der Waals surface area contributed by atoms with Gasteiger partial charge in [0.1, 0.15) is 18.1 Å². The van der Waals surface area contributed by atoms with Gasteiger partial charge in [0.2, 0.25) is 0 Å². The lowest BCUT2D eigenvalue weighted by molar-refractivity contribution is 0.314. The van der Waals surface area contributed by atoms with Crippen LogP contribution in [0.5, 0.6) is 11.5 Å². The molecule has 0 saturated heterocycles. The Labute approximate surface area is 88.9 Å². The molecule has 0 bridgehead atoms. The SMILES string of the molecule is ON=CC1COc2c(Br)cc(O)cc21. The summed E-state index contributed by atoms with van der Waals surface area (Å²) in [6, 6.07) is 3.18. The fraction of sp³-hybridized carbons (Fsp3) is 0.222. The third kappa shape index (κ3) is 1.43. The summed E-state index contributed by atoms with van der Waals surface area (Å²) in [5, 5.41) is 20.8. The van der Waals surface area contributed by atoms with E-state index in [-0.39, 0.29) is 11.7 Å². The molecular formula is C9H8BrNO3. The summed E-state index contributed by atoms with van der Waals surface area (Å²) < 4.78 is 6.10. The standard InChI is InChI=1S/C9H8BrNO3/c10-8-2-6(12)1-7-5(3-11-13)4-14-9(7)8/h1-3,5,12-13H,4H2. The molecule has 0 fully saturated rings. The second-order valence-electron chi connectivity index (χ2n) is 3.03. The number of halogens is 1. The zero-order valence-electron chi connectivity index (χ0n) is 7.14. The average molecular weight is 258 g/mol. The first-order chi connectivity index (χ1) is 6.72. The van der Waals surface area contributed by atoms with E-state index in [9.17, 15) is 5.11 Å². The highest BCUT2D eigenvalue weighted by molar-refractivity contribution is 9.10. The number of hydrogen-bond donors (Lipinski definition) is 2. The Hall–Kier alpha value is -1.23. The molecule has 14 heavy (non-hydrogen) atoms. The molecule has 2 N–H and O–H groups in total. The van der Waals surface area contributed by atoms with Crippen LogP contribution in [-0.2, 0) is 0 Å². The highest BCUT2D eigenvalue weighted by Crippen LogP contribution is 2.41. The third-order valence-electron chi connectivity index (χ3n) is 2.11. The summed E-state index contributed by atoms with van der Waals surface area (Å²) in [5.41, 5.74) is 0.828. The molecular weight excluding hydrogens is 250 g/mol. The first-order valence-corrected chi connectivity index (χ1v) is 4.84. The zero-order chi connectivity index (χ0) is 10.1. The van der Waals surface area contributed by atoms with Crippen LogP contribution in [0.25, 0.3) is 0 Å². The molecule has 0 amide bonds. The fourth-order valence-corrected chi connectivity index (χ4v) is 2.07. The monoisotopic (exact) mass is 257 g/mol. The van der Waals surface area contributed by atoms with E-state index >= 15 is 0 Å². The molecule has 1 atom stereocenters. The topological polar surface area (TPSA) is 62.1 Å². The lowest BCUT2D eigenvalue weighted by atomic mass is 10.0. The van der Waals surface area contributed by atoms with Crippen LogP contribution in [0.1, 0.15) is 11.5 Å². The van der Waals surface area contributed by atoms with Gasteiger partial charge in [0.05, 0.1) is 16.6 Å². The van der Waals surface area contributed by atoms with Crippen LogP contribution in [0.4, 0.5) is 0 Å². The maximum absolute atomic E-state index is 9.37. The molecule has 1 aromatic rings. The number of phenols is 1. The number of aromatic hydroxyl groups is 1. The van der Waals surface area contributed by atoms with Gasteiger partial charge < -0.3 is 15.1 Å².